The second-order valence-corrected chi connectivity index (χ2v) is 7.20. The minimum atomic E-state index is -0.850. The van der Waals surface area contributed by atoms with Gasteiger partial charge >= 0.3 is 5.76 Å². The summed E-state index contributed by atoms with van der Waals surface area (Å²) < 4.78 is 35.0. The topological polar surface area (TPSA) is 94.9 Å². The van der Waals surface area contributed by atoms with Crippen LogP contribution in [0.2, 0.25) is 5.02 Å². The van der Waals surface area contributed by atoms with Gasteiger partial charge in [-0.1, -0.05) is 29.8 Å². The molecule has 0 atom stereocenters. The Hall–Kier alpha value is -3.79. The smallest absolute Gasteiger partial charge is 0.387 e. The van der Waals surface area contributed by atoms with E-state index in [0.717, 1.165) is 22.5 Å². The van der Waals surface area contributed by atoms with Crippen molar-refractivity contribution in [3.63, 3.8) is 0 Å². The van der Waals surface area contributed by atoms with Gasteiger partial charge in [0.1, 0.15) is 18.2 Å². The van der Waals surface area contributed by atoms with Crippen LogP contribution in [0.25, 0.3) is 17.1 Å². The van der Waals surface area contributed by atoms with Gasteiger partial charge in [0, 0.05) is 12.1 Å². The molecule has 0 radical (unpaired) electrons. The van der Waals surface area contributed by atoms with Crippen molar-refractivity contribution in [2.24, 2.45) is 0 Å². The van der Waals surface area contributed by atoms with E-state index in [9.17, 15) is 18.4 Å². The Balaban J connectivity index is 1.49. The molecule has 1 N–H and O–H groups in total. The van der Waals surface area contributed by atoms with Crippen LogP contribution in [-0.2, 0) is 17.9 Å². The quantitative estimate of drug-likeness (QED) is 0.447. The van der Waals surface area contributed by atoms with Crippen LogP contribution in [0.3, 0.4) is 0 Å². The zero-order chi connectivity index (χ0) is 22.8. The molecule has 0 spiro atoms. The maximum Gasteiger partial charge on any atom is 0.437 e. The minimum absolute atomic E-state index is 0.00157. The van der Waals surface area contributed by atoms with Gasteiger partial charge in [0.05, 0.1) is 28.2 Å². The van der Waals surface area contributed by atoms with E-state index >= 15 is 0 Å². The van der Waals surface area contributed by atoms with E-state index in [1.807, 2.05) is 30.3 Å². The second-order valence-electron chi connectivity index (χ2n) is 6.82. The van der Waals surface area contributed by atoms with E-state index in [0.29, 0.717) is 11.3 Å². The predicted molar refractivity (Wildman–Crippen MR) is 111 cm³/mol. The molecule has 32 heavy (non-hydrogen) atoms. The highest BCUT2D eigenvalue weighted by Crippen LogP contribution is 2.23. The van der Waals surface area contributed by atoms with Gasteiger partial charge < -0.3 is 9.73 Å². The van der Waals surface area contributed by atoms with Crippen LogP contribution in [0, 0.1) is 18.6 Å². The van der Waals surface area contributed by atoms with Gasteiger partial charge in [0.25, 0.3) is 5.89 Å². The van der Waals surface area contributed by atoms with Crippen LogP contribution < -0.4 is 11.1 Å². The fraction of sp³-hybridized carbons (Fsp3) is 0.143. The lowest BCUT2D eigenvalue weighted by molar-refractivity contribution is -0.122. The van der Waals surface area contributed by atoms with E-state index in [-0.39, 0.29) is 18.0 Å². The van der Waals surface area contributed by atoms with Crippen molar-refractivity contribution in [3.8, 4) is 17.1 Å². The minimum Gasteiger partial charge on any atom is -0.387 e. The first-order chi connectivity index (χ1) is 15.3. The molecular formula is C21H16ClF2N5O3. The maximum atomic E-state index is 13.8. The lowest BCUT2D eigenvalue weighted by Crippen LogP contribution is -2.31. The van der Waals surface area contributed by atoms with E-state index in [2.05, 4.69) is 15.5 Å². The summed E-state index contributed by atoms with van der Waals surface area (Å²) in [6.07, 6.45) is 1.51. The lowest BCUT2D eigenvalue weighted by atomic mass is 10.2. The molecule has 0 fully saturated rings. The van der Waals surface area contributed by atoms with Crippen LogP contribution in [0.5, 0.6) is 0 Å². The number of carbonyl (C=O) groups is 1. The first kappa shape index (κ1) is 21.4. The molecule has 4 aromatic rings. The molecule has 0 bridgehead atoms. The zero-order valence-corrected chi connectivity index (χ0v) is 17.4. The molecule has 2 aromatic heterocycles. The van der Waals surface area contributed by atoms with Gasteiger partial charge in [-0.3, -0.25) is 4.79 Å². The highest BCUT2D eigenvalue weighted by molar-refractivity contribution is 6.31. The highest BCUT2D eigenvalue weighted by Gasteiger charge is 2.19. The Morgan fingerprint density at radius 2 is 1.88 bits per heavy atom. The van der Waals surface area contributed by atoms with Crippen molar-refractivity contribution in [3.05, 3.63) is 87.1 Å². The fourth-order valence-electron chi connectivity index (χ4n) is 3.07. The SMILES string of the molecule is Cc1c(-c2nn(CC(=O)NCc3c(F)ccc(F)c3Cl)c(=O)o2)cnn1-c1ccccc1. The largest absolute Gasteiger partial charge is 0.437 e. The molecule has 2 heterocycles. The molecular weight excluding hydrogens is 444 g/mol. The lowest BCUT2D eigenvalue weighted by Gasteiger charge is -2.08. The molecule has 0 saturated heterocycles. The van der Waals surface area contributed by atoms with Gasteiger partial charge in [0.2, 0.25) is 5.91 Å². The Morgan fingerprint density at radius 3 is 2.62 bits per heavy atom. The van der Waals surface area contributed by atoms with Gasteiger partial charge in [-0.05, 0) is 31.2 Å². The van der Waals surface area contributed by atoms with Gasteiger partial charge in [0.15, 0.2) is 0 Å². The van der Waals surface area contributed by atoms with Crippen molar-refractivity contribution >= 4 is 17.5 Å². The molecule has 0 aliphatic heterocycles. The maximum absolute atomic E-state index is 13.8. The van der Waals surface area contributed by atoms with Crippen LogP contribution in [0.1, 0.15) is 11.3 Å². The van der Waals surface area contributed by atoms with Crippen LogP contribution in [0.4, 0.5) is 8.78 Å². The third-order valence-electron chi connectivity index (χ3n) is 4.74. The first-order valence-electron chi connectivity index (χ1n) is 9.42. The van der Waals surface area contributed by atoms with Gasteiger partial charge in [-0.25, -0.2) is 18.3 Å². The Labute approximate surface area is 185 Å². The molecule has 4 rings (SSSR count). The molecule has 0 aliphatic rings. The van der Waals surface area contributed by atoms with Crippen LogP contribution in [-0.4, -0.2) is 25.5 Å². The number of benzene rings is 2. The molecule has 11 heteroatoms. The number of para-hydroxylation sites is 1. The van der Waals surface area contributed by atoms with Crippen molar-refractivity contribution in [2.45, 2.75) is 20.0 Å². The molecule has 0 unspecified atom stereocenters. The van der Waals surface area contributed by atoms with E-state index in [1.165, 1.54) is 6.20 Å². The summed E-state index contributed by atoms with van der Waals surface area (Å²) in [7, 11) is 0. The van der Waals surface area contributed by atoms with Crippen molar-refractivity contribution in [1.29, 1.82) is 0 Å². The van der Waals surface area contributed by atoms with Crippen molar-refractivity contribution < 1.29 is 18.0 Å². The molecule has 2 aromatic carbocycles. The number of hydrogen-bond acceptors (Lipinski definition) is 5. The molecule has 164 valence electrons. The summed E-state index contributed by atoms with van der Waals surface area (Å²) in [5.74, 6) is -3.08. The standard InChI is InChI=1S/C21H16ClF2N5O3/c1-12-14(10-26-29(12)13-5-3-2-4-6-13)20-27-28(21(31)32-20)11-18(30)25-9-15-16(23)7-8-17(24)19(15)22/h2-8,10H,9,11H2,1H3,(H,25,30). The fourth-order valence-corrected chi connectivity index (χ4v) is 3.29. The summed E-state index contributed by atoms with van der Waals surface area (Å²) in [5, 5.41) is 10.3. The number of nitrogens with zero attached hydrogens (tertiary/aromatic N) is 4. The third-order valence-corrected chi connectivity index (χ3v) is 5.15. The monoisotopic (exact) mass is 459 g/mol. The second kappa shape index (κ2) is 8.75. The number of nitrogens with one attached hydrogen (secondary N) is 1. The van der Waals surface area contributed by atoms with Crippen molar-refractivity contribution in [1.82, 2.24) is 24.9 Å². The van der Waals surface area contributed by atoms with E-state index in [4.69, 9.17) is 16.0 Å². The molecule has 0 saturated carbocycles. The molecule has 1 amide bonds. The molecule has 8 nitrogen and oxygen atoms in total. The average Bonchev–Trinajstić information content (AvgIpc) is 3.33. The van der Waals surface area contributed by atoms with Gasteiger partial charge in [-0.2, -0.15) is 9.78 Å². The highest BCUT2D eigenvalue weighted by atomic mass is 35.5. The summed E-state index contributed by atoms with van der Waals surface area (Å²) in [6.45, 7) is 0.949. The summed E-state index contributed by atoms with van der Waals surface area (Å²) >= 11 is 5.74. The Kier molecular flexibility index (Phi) is 5.87. The summed E-state index contributed by atoms with van der Waals surface area (Å²) in [4.78, 5) is 24.4. The number of amides is 1. The van der Waals surface area contributed by atoms with E-state index < -0.39 is 34.9 Å². The molecule has 0 aliphatic carbocycles. The van der Waals surface area contributed by atoms with E-state index in [1.54, 1.807) is 11.6 Å². The van der Waals surface area contributed by atoms with Crippen LogP contribution in [0.15, 0.2) is 57.9 Å². The number of halogens is 3. The first-order valence-corrected chi connectivity index (χ1v) is 9.80. The zero-order valence-electron chi connectivity index (χ0n) is 16.7. The number of aromatic nitrogens is 4. The van der Waals surface area contributed by atoms with Crippen molar-refractivity contribution in [2.75, 3.05) is 0 Å². The number of carbonyl (C=O) groups excluding carboxylic acids is 1. The Bertz CT molecular complexity index is 1350. The Morgan fingerprint density at radius 1 is 1.16 bits per heavy atom. The average molecular weight is 460 g/mol. The number of hydrogen-bond donors (Lipinski definition) is 1. The van der Waals surface area contributed by atoms with Gasteiger partial charge in [-0.15, -0.1) is 5.10 Å². The number of rotatable bonds is 6. The predicted octanol–water partition coefficient (Wildman–Crippen LogP) is 3.25. The summed E-state index contributed by atoms with van der Waals surface area (Å²) in [6, 6.07) is 11.2. The summed E-state index contributed by atoms with van der Waals surface area (Å²) in [5.41, 5.74) is 1.79. The normalized spacial score (nSPS) is 11.0. The van der Waals surface area contributed by atoms with Crippen LogP contribution >= 0.6 is 11.6 Å². The third kappa shape index (κ3) is 4.17.